The molecule has 0 saturated carbocycles. The molecule has 6 heteroatoms. The van der Waals surface area contributed by atoms with E-state index in [9.17, 15) is 4.79 Å². The van der Waals surface area contributed by atoms with Gasteiger partial charge in [0.25, 0.3) is 5.91 Å². The van der Waals surface area contributed by atoms with Gasteiger partial charge in [-0.3, -0.25) is 10.1 Å². The van der Waals surface area contributed by atoms with Gasteiger partial charge in [-0.25, -0.2) is 4.98 Å². The van der Waals surface area contributed by atoms with E-state index in [0.717, 1.165) is 30.9 Å². The lowest BCUT2D eigenvalue weighted by Crippen LogP contribution is -2.22. The Bertz CT molecular complexity index is 625. The van der Waals surface area contributed by atoms with Crippen LogP contribution in [0.4, 0.5) is 10.8 Å². The van der Waals surface area contributed by atoms with Gasteiger partial charge in [0.05, 0.1) is 5.69 Å². The smallest absolute Gasteiger partial charge is 0.257 e. The molecule has 1 amide bonds. The molecule has 1 aromatic carbocycles. The van der Waals surface area contributed by atoms with Crippen molar-refractivity contribution in [1.82, 2.24) is 10.3 Å². The Balaban J connectivity index is 1.72. The summed E-state index contributed by atoms with van der Waals surface area (Å²) in [4.78, 5) is 20.0. The predicted octanol–water partition coefficient (Wildman–Crippen LogP) is 2.11. The van der Waals surface area contributed by atoms with Gasteiger partial charge in [0.1, 0.15) is 0 Å². The fourth-order valence-corrected chi connectivity index (χ4v) is 3.23. The average Bonchev–Trinajstić information content (AvgIpc) is 2.89. The van der Waals surface area contributed by atoms with Gasteiger partial charge in [0.2, 0.25) is 0 Å². The first-order chi connectivity index (χ1) is 10.1. The van der Waals surface area contributed by atoms with Crippen LogP contribution >= 0.6 is 11.3 Å². The number of hydrogen-bond acceptors (Lipinski definition) is 5. The Labute approximate surface area is 128 Å². The molecular formula is C15H18N4OS. The Morgan fingerprint density at radius 3 is 2.76 bits per heavy atom. The second kappa shape index (κ2) is 5.83. The molecule has 110 valence electrons. The minimum absolute atomic E-state index is 0.112. The monoisotopic (exact) mass is 302 g/mol. The van der Waals surface area contributed by atoms with Gasteiger partial charge >= 0.3 is 0 Å². The summed E-state index contributed by atoms with van der Waals surface area (Å²) in [5.41, 5.74) is 2.83. The number of carbonyl (C=O) groups excluding carboxylic acids is 1. The van der Waals surface area contributed by atoms with Crippen LogP contribution < -0.4 is 15.5 Å². The first-order valence-corrected chi connectivity index (χ1v) is 7.73. The summed E-state index contributed by atoms with van der Waals surface area (Å²) >= 11 is 1.55. The van der Waals surface area contributed by atoms with Crippen molar-refractivity contribution in [3.05, 3.63) is 40.4 Å². The second-order valence-electron chi connectivity index (χ2n) is 5.21. The van der Waals surface area contributed by atoms with E-state index in [0.29, 0.717) is 10.7 Å². The van der Waals surface area contributed by atoms with Gasteiger partial charge in [-0.2, -0.15) is 0 Å². The number of nitrogens with zero attached hydrogens (tertiary/aromatic N) is 2. The van der Waals surface area contributed by atoms with Gasteiger partial charge in [-0.15, -0.1) is 11.3 Å². The molecule has 5 nitrogen and oxygen atoms in total. The van der Waals surface area contributed by atoms with E-state index in [-0.39, 0.29) is 5.91 Å². The molecule has 0 aliphatic carbocycles. The van der Waals surface area contributed by atoms with Crippen LogP contribution in [0.1, 0.15) is 20.9 Å². The summed E-state index contributed by atoms with van der Waals surface area (Å²) in [6.45, 7) is 1.80. The first-order valence-electron chi connectivity index (χ1n) is 6.91. The van der Waals surface area contributed by atoms with E-state index >= 15 is 0 Å². The number of amides is 1. The number of benzene rings is 1. The Kier molecular flexibility index (Phi) is 3.90. The molecule has 1 aliphatic rings. The Morgan fingerprint density at radius 2 is 2.10 bits per heavy atom. The van der Waals surface area contributed by atoms with Crippen molar-refractivity contribution in [3.63, 3.8) is 0 Å². The first kappa shape index (κ1) is 14.0. The Hall–Kier alpha value is -1.92. The number of hydrogen-bond donors (Lipinski definition) is 2. The Morgan fingerprint density at radius 1 is 1.33 bits per heavy atom. The quantitative estimate of drug-likeness (QED) is 0.912. The van der Waals surface area contributed by atoms with Crippen molar-refractivity contribution in [2.75, 3.05) is 30.9 Å². The maximum Gasteiger partial charge on any atom is 0.257 e. The van der Waals surface area contributed by atoms with Gasteiger partial charge < -0.3 is 10.2 Å². The number of fused-ring (bicyclic) bond motifs is 1. The minimum Gasteiger partial charge on any atom is -0.378 e. The molecule has 3 rings (SSSR count). The van der Waals surface area contributed by atoms with Gasteiger partial charge in [-0.1, -0.05) is 0 Å². The highest BCUT2D eigenvalue weighted by Gasteiger charge is 2.16. The molecule has 0 fully saturated rings. The minimum atomic E-state index is -0.112. The summed E-state index contributed by atoms with van der Waals surface area (Å²) in [6.07, 6.45) is 0.930. The highest BCUT2D eigenvalue weighted by molar-refractivity contribution is 7.15. The molecule has 2 aromatic rings. The molecule has 2 heterocycles. The van der Waals surface area contributed by atoms with E-state index in [1.807, 2.05) is 43.3 Å². The summed E-state index contributed by atoms with van der Waals surface area (Å²) < 4.78 is 0. The summed E-state index contributed by atoms with van der Waals surface area (Å²) in [7, 11) is 3.95. The van der Waals surface area contributed by atoms with Crippen LogP contribution in [0, 0.1) is 0 Å². The molecule has 2 N–H and O–H groups in total. The van der Waals surface area contributed by atoms with Crippen molar-refractivity contribution in [1.29, 1.82) is 0 Å². The number of nitrogens with one attached hydrogen (secondary N) is 2. The van der Waals surface area contributed by atoms with Crippen molar-refractivity contribution >= 4 is 28.1 Å². The number of anilines is 2. The highest BCUT2D eigenvalue weighted by Crippen LogP contribution is 2.25. The number of rotatable bonds is 3. The van der Waals surface area contributed by atoms with Crippen LogP contribution in [-0.4, -0.2) is 31.5 Å². The molecule has 0 radical (unpaired) electrons. The van der Waals surface area contributed by atoms with Crippen molar-refractivity contribution in [2.24, 2.45) is 0 Å². The third-order valence-electron chi connectivity index (χ3n) is 3.47. The molecule has 0 spiro atoms. The fraction of sp³-hybridized carbons (Fsp3) is 0.333. The molecular weight excluding hydrogens is 284 g/mol. The van der Waals surface area contributed by atoms with Crippen LogP contribution in [0.5, 0.6) is 0 Å². The maximum absolute atomic E-state index is 12.2. The van der Waals surface area contributed by atoms with Gasteiger partial charge in [-0.05, 0) is 24.3 Å². The second-order valence-corrected chi connectivity index (χ2v) is 6.29. The molecule has 1 aliphatic heterocycles. The van der Waals surface area contributed by atoms with Crippen LogP contribution in [0.3, 0.4) is 0 Å². The van der Waals surface area contributed by atoms with Crippen molar-refractivity contribution in [3.8, 4) is 0 Å². The number of thiazole rings is 1. The SMILES string of the molecule is CN(C)c1ccc(C(=O)Nc2nc3c(s2)CNCC3)cc1. The lowest BCUT2D eigenvalue weighted by molar-refractivity contribution is 0.102. The van der Waals surface area contributed by atoms with E-state index in [1.54, 1.807) is 11.3 Å². The third-order valence-corrected chi connectivity index (χ3v) is 4.48. The predicted molar refractivity (Wildman–Crippen MR) is 86.2 cm³/mol. The normalized spacial score (nSPS) is 13.6. The van der Waals surface area contributed by atoms with Crippen molar-refractivity contribution in [2.45, 2.75) is 13.0 Å². The van der Waals surface area contributed by atoms with Crippen LogP contribution in [0.15, 0.2) is 24.3 Å². The van der Waals surface area contributed by atoms with E-state index < -0.39 is 0 Å². The third kappa shape index (κ3) is 3.06. The lowest BCUT2D eigenvalue weighted by Gasteiger charge is -2.12. The molecule has 21 heavy (non-hydrogen) atoms. The van der Waals surface area contributed by atoms with E-state index in [1.165, 1.54) is 4.88 Å². The zero-order valence-corrected chi connectivity index (χ0v) is 13.0. The zero-order chi connectivity index (χ0) is 14.8. The van der Waals surface area contributed by atoms with Crippen LogP contribution in [0.2, 0.25) is 0 Å². The zero-order valence-electron chi connectivity index (χ0n) is 12.1. The summed E-state index contributed by atoms with van der Waals surface area (Å²) in [5.74, 6) is -0.112. The lowest BCUT2D eigenvalue weighted by atomic mass is 10.2. The fourth-order valence-electron chi connectivity index (χ4n) is 2.26. The highest BCUT2D eigenvalue weighted by atomic mass is 32.1. The molecule has 0 unspecified atom stereocenters. The van der Waals surface area contributed by atoms with E-state index in [2.05, 4.69) is 15.6 Å². The largest absolute Gasteiger partial charge is 0.378 e. The number of carbonyl (C=O) groups is 1. The summed E-state index contributed by atoms with van der Waals surface area (Å²) in [5, 5.41) is 6.89. The maximum atomic E-state index is 12.2. The van der Waals surface area contributed by atoms with Crippen LogP contribution in [0.25, 0.3) is 0 Å². The molecule has 0 saturated heterocycles. The van der Waals surface area contributed by atoms with Crippen molar-refractivity contribution < 1.29 is 4.79 Å². The van der Waals surface area contributed by atoms with Gasteiger partial charge in [0, 0.05) is 49.7 Å². The standard InChI is InChI=1S/C15H18N4OS/c1-19(2)11-5-3-10(4-6-11)14(20)18-15-17-12-7-8-16-9-13(12)21-15/h3-6,16H,7-9H2,1-2H3,(H,17,18,20). The summed E-state index contributed by atoms with van der Waals surface area (Å²) in [6, 6.07) is 7.54. The molecule has 0 atom stereocenters. The van der Waals surface area contributed by atoms with E-state index in [4.69, 9.17) is 0 Å². The topological polar surface area (TPSA) is 57.3 Å². The van der Waals surface area contributed by atoms with Crippen LogP contribution in [-0.2, 0) is 13.0 Å². The molecule has 1 aromatic heterocycles. The average molecular weight is 302 g/mol. The number of aromatic nitrogens is 1. The molecule has 0 bridgehead atoms. The van der Waals surface area contributed by atoms with Gasteiger partial charge in [0.15, 0.2) is 5.13 Å².